The number of hydrogen-bond donors (Lipinski definition) is 0. The van der Waals surface area contributed by atoms with E-state index in [0.717, 1.165) is 32.0 Å². The maximum atomic E-state index is 10.2. The van der Waals surface area contributed by atoms with Gasteiger partial charge in [-0.2, -0.15) is 0 Å². The minimum atomic E-state index is -0.229. The molecule has 0 aromatic carbocycles. The molecule has 0 aromatic rings. The van der Waals surface area contributed by atoms with Crippen molar-refractivity contribution in [1.29, 1.82) is 0 Å². The van der Waals surface area contributed by atoms with Crippen molar-refractivity contribution in [2.45, 2.75) is 38.4 Å². The van der Waals surface area contributed by atoms with E-state index in [4.69, 9.17) is 19.4 Å². The Bertz CT molecular complexity index is 95.6. The largest absolute Gasteiger partial charge is 0.281 e. The van der Waals surface area contributed by atoms with E-state index in [1.54, 1.807) is 0 Å². The summed E-state index contributed by atoms with van der Waals surface area (Å²) in [5.74, 6) is 0. The van der Waals surface area contributed by atoms with Gasteiger partial charge in [0, 0.05) is 6.42 Å². The molecule has 0 N–H and O–H groups in total. The predicted octanol–water partition coefficient (Wildman–Crippen LogP) is 2.29. The first-order chi connectivity index (χ1) is 4.77. The molecule has 0 heterocycles. The van der Waals surface area contributed by atoms with Crippen LogP contribution >= 0.6 is 11.6 Å². The van der Waals surface area contributed by atoms with Crippen molar-refractivity contribution in [3.63, 3.8) is 0 Å². The van der Waals surface area contributed by atoms with E-state index in [1.807, 2.05) is 0 Å². The number of rotatable bonds is 6. The number of carbonyl (C=O) groups excluding carboxylic acids is 1. The first-order valence-corrected chi connectivity index (χ1v) is 4.03. The smallest absolute Gasteiger partial charge is 0.221 e. The Kier molecular flexibility index (Phi) is 7.15. The topological polar surface area (TPSA) is 17.1 Å². The van der Waals surface area contributed by atoms with Gasteiger partial charge < -0.3 is 0 Å². The zero-order valence-corrected chi connectivity index (χ0v) is 6.86. The minimum absolute atomic E-state index is 0.229. The summed E-state index contributed by atoms with van der Waals surface area (Å²) in [7, 11) is 5.28. The average Bonchev–Trinajstić information content (AvgIpc) is 1.87. The van der Waals surface area contributed by atoms with Crippen LogP contribution in [-0.2, 0) is 4.79 Å². The fourth-order valence-corrected chi connectivity index (χ4v) is 0.896. The van der Waals surface area contributed by atoms with Crippen LogP contribution in [0, 0.1) is 0 Å². The first kappa shape index (κ1) is 10.0. The summed E-state index contributed by atoms with van der Waals surface area (Å²) in [6.45, 7) is 0. The third kappa shape index (κ3) is 8.02. The Labute approximate surface area is 68.5 Å². The van der Waals surface area contributed by atoms with Crippen LogP contribution in [-0.4, -0.2) is 13.1 Å². The van der Waals surface area contributed by atoms with Crippen molar-refractivity contribution in [2.75, 3.05) is 0 Å². The van der Waals surface area contributed by atoms with E-state index in [-0.39, 0.29) is 5.24 Å². The van der Waals surface area contributed by atoms with Crippen molar-refractivity contribution in [3.05, 3.63) is 0 Å². The molecular formula is C7H12BClO. The molecule has 0 aliphatic carbocycles. The molecule has 0 saturated carbocycles. The van der Waals surface area contributed by atoms with Crippen LogP contribution in [0.15, 0.2) is 0 Å². The van der Waals surface area contributed by atoms with Crippen molar-refractivity contribution in [3.8, 4) is 0 Å². The average molecular weight is 158 g/mol. The molecule has 0 aromatic heterocycles. The number of carbonyl (C=O) groups is 1. The Morgan fingerprint density at radius 2 is 1.80 bits per heavy atom. The van der Waals surface area contributed by atoms with Gasteiger partial charge in [-0.15, -0.1) is 0 Å². The number of unbranched alkanes of at least 4 members (excludes halogenated alkanes) is 3. The predicted molar refractivity (Wildman–Crippen MR) is 44.5 cm³/mol. The zero-order valence-electron chi connectivity index (χ0n) is 6.11. The van der Waals surface area contributed by atoms with Crippen LogP contribution < -0.4 is 0 Å². The number of halogens is 1. The lowest BCUT2D eigenvalue weighted by atomic mass is 9.99. The second-order valence-corrected chi connectivity index (χ2v) is 2.73. The van der Waals surface area contributed by atoms with E-state index in [1.165, 1.54) is 0 Å². The standard InChI is InChI=1S/C7H12BClO/c8-6-4-2-1-3-5-7(9)10/h1-6H2. The molecule has 0 aliphatic heterocycles. The highest BCUT2D eigenvalue weighted by Crippen LogP contribution is 2.05. The molecular weight excluding hydrogens is 146 g/mol. The first-order valence-electron chi connectivity index (χ1n) is 3.65. The zero-order chi connectivity index (χ0) is 7.82. The van der Waals surface area contributed by atoms with E-state index in [2.05, 4.69) is 0 Å². The molecule has 3 heteroatoms. The highest BCUT2D eigenvalue weighted by atomic mass is 35.5. The lowest BCUT2D eigenvalue weighted by Crippen LogP contribution is -1.85. The van der Waals surface area contributed by atoms with Crippen LogP contribution in [0.2, 0.25) is 6.32 Å². The summed E-state index contributed by atoms with van der Waals surface area (Å²) in [5, 5.41) is -0.229. The lowest BCUT2D eigenvalue weighted by Gasteiger charge is -1.95. The molecule has 0 unspecified atom stereocenters. The van der Waals surface area contributed by atoms with Gasteiger partial charge in [-0.25, -0.2) is 0 Å². The number of hydrogen-bond acceptors (Lipinski definition) is 1. The van der Waals surface area contributed by atoms with Crippen molar-refractivity contribution in [2.24, 2.45) is 0 Å². The maximum Gasteiger partial charge on any atom is 0.221 e. The van der Waals surface area contributed by atoms with Gasteiger partial charge in [-0.3, -0.25) is 4.79 Å². The Morgan fingerprint density at radius 1 is 1.20 bits per heavy atom. The molecule has 56 valence electrons. The van der Waals surface area contributed by atoms with Gasteiger partial charge in [-0.05, 0) is 18.0 Å². The molecule has 0 amide bonds. The Balaban J connectivity index is 2.84. The monoisotopic (exact) mass is 158 g/mol. The summed E-state index contributed by atoms with van der Waals surface area (Å²) in [5.41, 5.74) is 0. The summed E-state index contributed by atoms with van der Waals surface area (Å²) < 4.78 is 0. The van der Waals surface area contributed by atoms with E-state index >= 15 is 0 Å². The Hall–Kier alpha value is 0.0249. The van der Waals surface area contributed by atoms with Crippen LogP contribution in [0.4, 0.5) is 0 Å². The minimum Gasteiger partial charge on any atom is -0.281 e. The van der Waals surface area contributed by atoms with Crippen LogP contribution in [0.5, 0.6) is 0 Å². The van der Waals surface area contributed by atoms with Crippen LogP contribution in [0.3, 0.4) is 0 Å². The molecule has 0 spiro atoms. The molecule has 0 aliphatic rings. The highest BCUT2D eigenvalue weighted by molar-refractivity contribution is 6.63. The molecule has 0 saturated heterocycles. The van der Waals surface area contributed by atoms with Crippen molar-refractivity contribution >= 4 is 24.7 Å². The van der Waals surface area contributed by atoms with Crippen molar-refractivity contribution in [1.82, 2.24) is 0 Å². The summed E-state index contributed by atoms with van der Waals surface area (Å²) in [6, 6.07) is 0. The summed E-state index contributed by atoms with van der Waals surface area (Å²) in [6.07, 6.45) is 5.39. The molecule has 10 heavy (non-hydrogen) atoms. The molecule has 2 radical (unpaired) electrons. The highest BCUT2D eigenvalue weighted by Gasteiger charge is 1.94. The molecule has 0 atom stereocenters. The van der Waals surface area contributed by atoms with Gasteiger partial charge in [0.05, 0.1) is 7.85 Å². The van der Waals surface area contributed by atoms with Gasteiger partial charge >= 0.3 is 0 Å². The van der Waals surface area contributed by atoms with Gasteiger partial charge in [-0.1, -0.05) is 25.6 Å². The maximum absolute atomic E-state index is 10.2. The second kappa shape index (κ2) is 7.14. The van der Waals surface area contributed by atoms with E-state index < -0.39 is 0 Å². The van der Waals surface area contributed by atoms with Gasteiger partial charge in [0.1, 0.15) is 0 Å². The van der Waals surface area contributed by atoms with Gasteiger partial charge in [0.2, 0.25) is 5.24 Å². The third-order valence-corrected chi connectivity index (χ3v) is 1.52. The molecule has 0 bridgehead atoms. The molecule has 0 rings (SSSR count). The van der Waals surface area contributed by atoms with E-state index in [9.17, 15) is 4.79 Å². The molecule has 1 nitrogen and oxygen atoms in total. The molecule has 0 fully saturated rings. The summed E-state index contributed by atoms with van der Waals surface area (Å²) >= 11 is 5.13. The normalized spacial score (nSPS) is 9.70. The van der Waals surface area contributed by atoms with Crippen LogP contribution in [0.1, 0.15) is 32.1 Å². The fraction of sp³-hybridized carbons (Fsp3) is 0.857. The van der Waals surface area contributed by atoms with Gasteiger partial charge in [0.15, 0.2) is 0 Å². The SMILES string of the molecule is [B]CCCCCCC(=O)Cl. The Morgan fingerprint density at radius 3 is 2.30 bits per heavy atom. The van der Waals surface area contributed by atoms with Crippen LogP contribution in [0.25, 0.3) is 0 Å². The third-order valence-electron chi connectivity index (χ3n) is 1.33. The van der Waals surface area contributed by atoms with Gasteiger partial charge in [0.25, 0.3) is 0 Å². The fourth-order valence-electron chi connectivity index (χ4n) is 0.762. The van der Waals surface area contributed by atoms with Crippen molar-refractivity contribution < 1.29 is 4.79 Å². The van der Waals surface area contributed by atoms with E-state index in [0.29, 0.717) is 6.42 Å². The summed E-state index contributed by atoms with van der Waals surface area (Å²) in [4.78, 5) is 10.2. The second-order valence-electron chi connectivity index (χ2n) is 2.31. The lowest BCUT2D eigenvalue weighted by molar-refractivity contribution is -0.111. The quantitative estimate of drug-likeness (QED) is 0.329.